The molecule has 0 unspecified atom stereocenters. The van der Waals surface area contributed by atoms with Crippen molar-refractivity contribution in [2.45, 2.75) is 20.3 Å². The molecule has 0 bridgehead atoms. The van der Waals surface area contributed by atoms with Crippen LogP contribution in [0.2, 0.25) is 0 Å². The minimum atomic E-state index is -0.618. The maximum absolute atomic E-state index is 11.6. The third-order valence-electron chi connectivity index (χ3n) is 3.73. The lowest BCUT2D eigenvalue weighted by atomic mass is 10.1. The summed E-state index contributed by atoms with van der Waals surface area (Å²) >= 11 is 5.01. The predicted octanol–water partition coefficient (Wildman–Crippen LogP) is 3.11. The highest BCUT2D eigenvalue weighted by atomic mass is 79.9. The maximum atomic E-state index is 11.6. The smallest absolute Gasteiger partial charge is 0.252 e. The van der Waals surface area contributed by atoms with Crippen molar-refractivity contribution in [2.24, 2.45) is 16.5 Å². The quantitative estimate of drug-likeness (QED) is 0.120. The molecule has 0 saturated heterocycles. The molecule has 2 aromatic carbocycles. The average molecular weight is 617 g/mol. The van der Waals surface area contributed by atoms with Gasteiger partial charge in [-0.25, -0.2) is 0 Å². The van der Waals surface area contributed by atoms with Crippen LogP contribution in [0.25, 0.3) is 5.70 Å². The van der Waals surface area contributed by atoms with Gasteiger partial charge >= 0.3 is 0 Å². The topological polar surface area (TPSA) is 172 Å². The molecule has 0 fully saturated rings. The zero-order chi connectivity index (χ0) is 29.0. The molecule has 0 aliphatic rings. The van der Waals surface area contributed by atoms with E-state index in [-0.39, 0.29) is 32.0 Å². The van der Waals surface area contributed by atoms with Gasteiger partial charge in [-0.05, 0) is 29.8 Å². The van der Waals surface area contributed by atoms with Crippen molar-refractivity contribution in [3.63, 3.8) is 0 Å². The van der Waals surface area contributed by atoms with Crippen LogP contribution in [-0.4, -0.2) is 83.7 Å². The molecule has 0 saturated carbocycles. The number of carbonyl (C=O) groups is 1. The van der Waals surface area contributed by atoms with Gasteiger partial charge in [0.2, 0.25) is 0 Å². The molecule has 0 atom stereocenters. The molecule has 2 rings (SSSR count). The molecule has 9 nitrogen and oxygen atoms in total. The Morgan fingerprint density at radius 2 is 1.55 bits per heavy atom. The number of rotatable bonds is 12. The van der Waals surface area contributed by atoms with Gasteiger partial charge in [0.05, 0.1) is 56.6 Å². The number of carbonyl (C=O) groups excluding carboxylic acids is 1. The Balaban J connectivity index is 0. The maximum Gasteiger partial charge on any atom is 0.252 e. The van der Waals surface area contributed by atoms with Gasteiger partial charge in [0.1, 0.15) is 0 Å². The second-order valence-electron chi connectivity index (χ2n) is 7.12. The van der Waals surface area contributed by atoms with Gasteiger partial charge in [-0.2, -0.15) is 11.8 Å². The van der Waals surface area contributed by atoms with Gasteiger partial charge < -0.3 is 36.6 Å². The Morgan fingerprint density at radius 1 is 0.921 bits per heavy atom. The number of thioether (sulfide) groups is 1. The highest BCUT2D eigenvalue weighted by Crippen LogP contribution is 2.19. The first-order valence-electron chi connectivity index (χ1n) is 12.1. The van der Waals surface area contributed by atoms with Gasteiger partial charge in [-0.3, -0.25) is 9.79 Å². The number of aliphatic hydroxyl groups excluding tert-OH is 4. The second-order valence-corrected chi connectivity index (χ2v) is 9.26. The van der Waals surface area contributed by atoms with Crippen LogP contribution in [0.3, 0.4) is 0 Å². The van der Waals surface area contributed by atoms with E-state index in [9.17, 15) is 4.79 Å². The lowest BCUT2D eigenvalue weighted by molar-refractivity contribution is -0.114. The molecule has 38 heavy (non-hydrogen) atoms. The third kappa shape index (κ3) is 21.8. The molecule has 0 aliphatic heterocycles. The number of nitrogens with zero attached hydrogens (tertiary/aromatic N) is 1. The molecular weight excluding hydrogens is 574 g/mol. The summed E-state index contributed by atoms with van der Waals surface area (Å²) in [6.45, 7) is 5.39. The van der Waals surface area contributed by atoms with Crippen LogP contribution in [0, 0.1) is 0 Å². The Bertz CT molecular complexity index is 891. The van der Waals surface area contributed by atoms with E-state index in [4.69, 9.17) is 36.6 Å². The standard InChI is InChI=1S/C16H14BrN3O.C6H14O3S.C3H8.C2H6O2/c17-12-6-4-5-11(9-12)15(18)14(16(19)21)10-20-13-7-2-1-3-8-13;7-1-3-9-4-6-10-5-2-8;1-3-2;3-1-2-4/h1-10H,18H2,(H2,19,21);7-8H,1-6H2;3H2,1-2H3;3-4H,1-2H2/b15-14+,20-10?;;;. The number of benzene rings is 2. The SMILES string of the molecule is CCC.NC(=O)/C(C=Nc1ccccc1)=C(/N)c1cccc(Br)c1.OCCO.OCCOCCSCCO. The minimum Gasteiger partial charge on any atom is -0.398 e. The van der Waals surface area contributed by atoms with Gasteiger partial charge in [0.25, 0.3) is 5.91 Å². The first kappa shape index (κ1) is 37.9. The minimum absolute atomic E-state index is 0.0880. The summed E-state index contributed by atoms with van der Waals surface area (Å²) in [5.74, 6) is 1.04. The van der Waals surface area contributed by atoms with Gasteiger partial charge in [-0.1, -0.05) is 66.5 Å². The number of para-hydroxylation sites is 1. The van der Waals surface area contributed by atoms with Crippen molar-refractivity contribution >= 4 is 51.2 Å². The van der Waals surface area contributed by atoms with E-state index in [2.05, 4.69) is 34.8 Å². The summed E-state index contributed by atoms with van der Waals surface area (Å²) in [5, 5.41) is 31.9. The number of hydrogen-bond acceptors (Lipinski definition) is 9. The van der Waals surface area contributed by atoms with Gasteiger partial charge in [-0.15, -0.1) is 0 Å². The molecule has 0 aromatic heterocycles. The fourth-order valence-corrected chi connectivity index (χ4v) is 3.15. The van der Waals surface area contributed by atoms with E-state index in [0.29, 0.717) is 24.5 Å². The van der Waals surface area contributed by atoms with Crippen molar-refractivity contribution in [1.82, 2.24) is 0 Å². The van der Waals surface area contributed by atoms with Crippen molar-refractivity contribution in [3.05, 3.63) is 70.2 Å². The van der Waals surface area contributed by atoms with Crippen molar-refractivity contribution in [1.29, 1.82) is 0 Å². The highest BCUT2D eigenvalue weighted by molar-refractivity contribution is 9.10. The van der Waals surface area contributed by atoms with E-state index in [1.165, 1.54) is 12.6 Å². The molecule has 2 aromatic rings. The van der Waals surface area contributed by atoms with Crippen LogP contribution < -0.4 is 11.5 Å². The molecule has 8 N–H and O–H groups in total. The summed E-state index contributed by atoms with van der Waals surface area (Å²) in [6, 6.07) is 16.6. The number of aliphatic hydroxyl groups is 4. The number of halogens is 1. The van der Waals surface area contributed by atoms with E-state index in [0.717, 1.165) is 21.7 Å². The van der Waals surface area contributed by atoms with Crippen molar-refractivity contribution in [3.8, 4) is 0 Å². The summed E-state index contributed by atoms with van der Waals surface area (Å²) in [4.78, 5) is 15.8. The molecule has 214 valence electrons. The fraction of sp³-hybridized carbons (Fsp3) is 0.407. The van der Waals surface area contributed by atoms with Crippen LogP contribution in [0.5, 0.6) is 0 Å². The Hall–Kier alpha value is -2.25. The Kier molecular flexibility index (Phi) is 27.7. The number of hydrogen-bond donors (Lipinski definition) is 6. The zero-order valence-corrected chi connectivity index (χ0v) is 24.5. The van der Waals surface area contributed by atoms with Crippen LogP contribution in [0.15, 0.2) is 69.6 Å². The summed E-state index contributed by atoms with van der Waals surface area (Å²) < 4.78 is 5.84. The molecule has 0 radical (unpaired) electrons. The summed E-state index contributed by atoms with van der Waals surface area (Å²) in [6.07, 6.45) is 2.65. The number of aliphatic imine (C=N–C) groups is 1. The molecule has 1 amide bonds. The number of primary amides is 1. The zero-order valence-electron chi connectivity index (χ0n) is 22.1. The van der Waals surface area contributed by atoms with E-state index >= 15 is 0 Å². The molecule has 0 heterocycles. The lowest BCUT2D eigenvalue weighted by Crippen LogP contribution is -2.19. The fourth-order valence-electron chi connectivity index (χ4n) is 2.18. The number of ether oxygens (including phenoxy) is 1. The lowest BCUT2D eigenvalue weighted by Gasteiger charge is -2.06. The summed E-state index contributed by atoms with van der Waals surface area (Å²) in [7, 11) is 0. The van der Waals surface area contributed by atoms with Crippen LogP contribution in [-0.2, 0) is 9.53 Å². The average Bonchev–Trinajstić information content (AvgIpc) is 2.92. The predicted molar refractivity (Wildman–Crippen MR) is 161 cm³/mol. The number of amides is 1. The van der Waals surface area contributed by atoms with E-state index in [1.807, 2.05) is 48.5 Å². The largest absolute Gasteiger partial charge is 0.398 e. The summed E-state index contributed by atoms with van der Waals surface area (Å²) in [5.41, 5.74) is 13.3. The van der Waals surface area contributed by atoms with E-state index < -0.39 is 5.91 Å². The van der Waals surface area contributed by atoms with Crippen LogP contribution >= 0.6 is 27.7 Å². The van der Waals surface area contributed by atoms with Crippen molar-refractivity contribution < 1.29 is 30.0 Å². The second kappa shape index (κ2) is 27.8. The first-order valence-corrected chi connectivity index (χ1v) is 14.0. The Morgan fingerprint density at radius 3 is 2.05 bits per heavy atom. The first-order chi connectivity index (χ1) is 18.3. The molecular formula is C27H42BrN3O6S. The van der Waals surface area contributed by atoms with Crippen molar-refractivity contribution in [2.75, 3.05) is 51.1 Å². The monoisotopic (exact) mass is 615 g/mol. The number of nitrogens with two attached hydrogens (primary N) is 2. The normalized spacial score (nSPS) is 10.7. The molecule has 11 heteroatoms. The molecule has 0 spiro atoms. The molecule has 0 aliphatic carbocycles. The van der Waals surface area contributed by atoms with E-state index in [1.54, 1.807) is 17.8 Å². The third-order valence-corrected chi connectivity index (χ3v) is 5.15. The Labute approximate surface area is 238 Å². The van der Waals surface area contributed by atoms with Gasteiger partial charge in [0, 0.05) is 22.2 Å². The highest BCUT2D eigenvalue weighted by Gasteiger charge is 2.10. The van der Waals surface area contributed by atoms with Gasteiger partial charge in [0.15, 0.2) is 0 Å². The van der Waals surface area contributed by atoms with Crippen LogP contribution in [0.4, 0.5) is 5.69 Å². The van der Waals surface area contributed by atoms with Crippen LogP contribution in [0.1, 0.15) is 25.8 Å².